The predicted octanol–water partition coefficient (Wildman–Crippen LogP) is 2.70. The molecule has 0 aliphatic rings. The van der Waals surface area contributed by atoms with Crippen molar-refractivity contribution in [2.75, 3.05) is 0 Å². The highest BCUT2D eigenvalue weighted by Gasteiger charge is 2.41. The van der Waals surface area contributed by atoms with E-state index in [0.717, 1.165) is 12.1 Å². The van der Waals surface area contributed by atoms with Crippen LogP contribution in [-0.2, 0) is 20.6 Å². The molecule has 8 heteroatoms. The van der Waals surface area contributed by atoms with Crippen LogP contribution in [0.2, 0.25) is 5.02 Å². The molecule has 0 saturated carbocycles. The van der Waals surface area contributed by atoms with Crippen molar-refractivity contribution in [2.24, 2.45) is 0 Å². The molecule has 0 aromatic heterocycles. The van der Waals surface area contributed by atoms with Gasteiger partial charge in [0.15, 0.2) is 9.84 Å². The number of sulfone groups is 1. The minimum absolute atomic E-state index is 0.297. The summed E-state index contributed by atoms with van der Waals surface area (Å²) in [5.74, 6) is -6.45. The monoisotopic (exact) mass is 312 g/mol. The molecule has 4 nitrogen and oxygen atoms in total. The number of hydrogen-bond acceptors (Lipinski definition) is 3. The average molecular weight is 313 g/mol. The Kier molecular flexibility index (Phi) is 4.21. The molecule has 0 amide bonds. The van der Waals surface area contributed by atoms with E-state index < -0.39 is 37.6 Å². The van der Waals surface area contributed by atoms with Gasteiger partial charge in [-0.05, 0) is 26.0 Å². The van der Waals surface area contributed by atoms with Gasteiger partial charge in [-0.2, -0.15) is 8.78 Å². The van der Waals surface area contributed by atoms with Gasteiger partial charge in [0.25, 0.3) is 0 Å². The minimum Gasteiger partial charge on any atom is -0.477 e. The fourth-order valence-corrected chi connectivity index (χ4v) is 2.90. The molecular weight excluding hydrogens is 302 g/mol. The number of carboxylic acids is 1. The topological polar surface area (TPSA) is 71.4 Å². The zero-order valence-electron chi connectivity index (χ0n) is 10.0. The summed E-state index contributed by atoms with van der Waals surface area (Å²) in [6.07, 6.45) is 0. The van der Waals surface area contributed by atoms with Gasteiger partial charge in [-0.15, -0.1) is 0 Å². The van der Waals surface area contributed by atoms with Crippen LogP contribution in [0.4, 0.5) is 8.78 Å². The van der Waals surface area contributed by atoms with E-state index in [4.69, 9.17) is 16.7 Å². The third kappa shape index (κ3) is 2.87. The Morgan fingerprint density at radius 2 is 1.89 bits per heavy atom. The van der Waals surface area contributed by atoms with Crippen LogP contribution in [-0.4, -0.2) is 24.7 Å². The molecule has 1 N–H and O–H groups in total. The summed E-state index contributed by atoms with van der Waals surface area (Å²) in [6.45, 7) is 2.84. The smallest absolute Gasteiger partial charge is 0.379 e. The van der Waals surface area contributed by atoms with Crippen molar-refractivity contribution >= 4 is 27.4 Å². The van der Waals surface area contributed by atoms with Crippen LogP contribution in [0.1, 0.15) is 19.4 Å². The van der Waals surface area contributed by atoms with Gasteiger partial charge < -0.3 is 5.11 Å². The van der Waals surface area contributed by atoms with Crippen LogP contribution in [0.3, 0.4) is 0 Å². The molecule has 0 radical (unpaired) electrons. The van der Waals surface area contributed by atoms with Crippen LogP contribution in [0.25, 0.3) is 0 Å². The van der Waals surface area contributed by atoms with Crippen molar-refractivity contribution in [3.05, 3.63) is 28.8 Å². The number of hydrogen-bond donors (Lipinski definition) is 1. The third-order valence-corrected chi connectivity index (χ3v) is 5.13. The first kappa shape index (κ1) is 15.8. The first-order valence-corrected chi connectivity index (χ1v) is 7.08. The quantitative estimate of drug-likeness (QED) is 0.928. The number of rotatable bonds is 4. The number of carbonyl (C=O) groups is 1. The maximum absolute atomic E-state index is 13.2. The highest BCUT2D eigenvalue weighted by Crippen LogP contribution is 2.33. The van der Waals surface area contributed by atoms with Crippen molar-refractivity contribution in [3.63, 3.8) is 0 Å². The molecule has 0 fully saturated rings. The zero-order chi connectivity index (χ0) is 15.0. The number of carboxylic acid groups (broad SMARTS) is 1. The van der Waals surface area contributed by atoms with Gasteiger partial charge in [0, 0.05) is 5.56 Å². The van der Waals surface area contributed by atoms with Gasteiger partial charge in [0.1, 0.15) is 0 Å². The first-order chi connectivity index (χ1) is 8.51. The van der Waals surface area contributed by atoms with Crippen LogP contribution in [0, 0.1) is 0 Å². The summed E-state index contributed by atoms with van der Waals surface area (Å²) in [4.78, 5) is 10.1. The highest BCUT2D eigenvalue weighted by atomic mass is 35.5. The predicted molar refractivity (Wildman–Crippen MR) is 65.3 cm³/mol. The largest absolute Gasteiger partial charge is 0.477 e. The molecule has 0 heterocycles. The van der Waals surface area contributed by atoms with E-state index in [1.807, 2.05) is 0 Å². The summed E-state index contributed by atoms with van der Waals surface area (Å²) in [6, 6.07) is 2.30. The average Bonchev–Trinajstić information content (AvgIpc) is 2.27. The van der Waals surface area contributed by atoms with Gasteiger partial charge in [0.05, 0.1) is 15.2 Å². The van der Waals surface area contributed by atoms with Crippen LogP contribution in [0.5, 0.6) is 0 Å². The lowest BCUT2D eigenvalue weighted by atomic mass is 10.1. The molecule has 106 valence electrons. The van der Waals surface area contributed by atoms with E-state index >= 15 is 0 Å². The Bertz CT molecular complexity index is 611. The lowest BCUT2D eigenvalue weighted by Gasteiger charge is -2.14. The van der Waals surface area contributed by atoms with Gasteiger partial charge in [-0.25, -0.2) is 13.2 Å². The Hall–Kier alpha value is -1.21. The summed E-state index contributed by atoms with van der Waals surface area (Å²) in [5.41, 5.74) is -0.868. The van der Waals surface area contributed by atoms with Gasteiger partial charge in [-0.3, -0.25) is 0 Å². The Morgan fingerprint density at radius 1 is 1.37 bits per heavy atom. The summed E-state index contributed by atoms with van der Waals surface area (Å²) < 4.78 is 50.2. The van der Waals surface area contributed by atoms with E-state index in [9.17, 15) is 22.0 Å². The van der Waals surface area contributed by atoms with E-state index in [-0.39, 0.29) is 4.90 Å². The highest BCUT2D eigenvalue weighted by molar-refractivity contribution is 7.92. The summed E-state index contributed by atoms with van der Waals surface area (Å²) in [7, 11) is -3.71. The van der Waals surface area contributed by atoms with E-state index in [1.54, 1.807) is 0 Å². The molecule has 19 heavy (non-hydrogen) atoms. The number of alkyl halides is 2. The molecule has 1 aromatic rings. The summed E-state index contributed by atoms with van der Waals surface area (Å²) in [5, 5.41) is 7.20. The van der Waals surface area contributed by atoms with Crippen molar-refractivity contribution in [3.8, 4) is 0 Å². The maximum Gasteiger partial charge on any atom is 0.379 e. The van der Waals surface area contributed by atoms with Crippen molar-refractivity contribution in [2.45, 2.75) is 29.9 Å². The minimum atomic E-state index is -4.12. The van der Waals surface area contributed by atoms with Crippen LogP contribution in [0.15, 0.2) is 23.1 Å². The molecule has 0 spiro atoms. The van der Waals surface area contributed by atoms with Crippen molar-refractivity contribution in [1.82, 2.24) is 0 Å². The molecule has 0 unspecified atom stereocenters. The summed E-state index contributed by atoms with van der Waals surface area (Å²) >= 11 is 5.66. The van der Waals surface area contributed by atoms with Crippen LogP contribution < -0.4 is 0 Å². The fraction of sp³-hybridized carbons (Fsp3) is 0.364. The number of benzene rings is 1. The van der Waals surface area contributed by atoms with E-state index in [1.165, 1.54) is 13.8 Å². The standard InChI is InChI=1S/C11H11ClF2O4S/c1-6(2)19(17,18)9-4-3-7(5-8(9)12)11(13,14)10(15)16/h3-6H,1-2H3,(H,15,16). The Labute approximate surface area is 113 Å². The second-order valence-corrected chi connectivity index (χ2v) is 7.00. The molecule has 0 aliphatic carbocycles. The van der Waals surface area contributed by atoms with Crippen molar-refractivity contribution < 1.29 is 27.1 Å². The van der Waals surface area contributed by atoms with Gasteiger partial charge >= 0.3 is 11.9 Å². The molecule has 0 saturated heterocycles. The molecular formula is C11H11ClF2O4S. The molecule has 1 aromatic carbocycles. The van der Waals surface area contributed by atoms with Crippen molar-refractivity contribution in [1.29, 1.82) is 0 Å². The molecule has 0 aliphatic heterocycles. The van der Waals surface area contributed by atoms with Crippen LogP contribution >= 0.6 is 11.6 Å². The first-order valence-electron chi connectivity index (χ1n) is 5.16. The zero-order valence-corrected chi connectivity index (χ0v) is 11.6. The lowest BCUT2D eigenvalue weighted by molar-refractivity contribution is -0.166. The Morgan fingerprint density at radius 3 is 2.26 bits per heavy atom. The molecule has 0 bridgehead atoms. The lowest BCUT2D eigenvalue weighted by Crippen LogP contribution is -2.25. The fourth-order valence-electron chi connectivity index (χ4n) is 1.30. The van der Waals surface area contributed by atoms with E-state index in [0.29, 0.717) is 6.07 Å². The van der Waals surface area contributed by atoms with E-state index in [2.05, 4.69) is 0 Å². The second-order valence-electron chi connectivity index (χ2n) is 4.12. The molecule has 1 rings (SSSR count). The normalized spacial score (nSPS) is 12.7. The second kappa shape index (κ2) is 5.05. The number of aliphatic carboxylic acids is 1. The maximum atomic E-state index is 13.2. The molecule has 0 atom stereocenters. The SMILES string of the molecule is CC(C)S(=O)(=O)c1ccc(C(F)(F)C(=O)O)cc1Cl. The van der Waals surface area contributed by atoms with Gasteiger partial charge in [-0.1, -0.05) is 17.7 Å². The number of halogens is 3. The van der Waals surface area contributed by atoms with Gasteiger partial charge in [0.2, 0.25) is 0 Å². The Balaban J connectivity index is 3.39. The third-order valence-electron chi connectivity index (χ3n) is 2.49.